The van der Waals surface area contributed by atoms with E-state index in [1.807, 2.05) is 31.2 Å². The van der Waals surface area contributed by atoms with Crippen molar-refractivity contribution in [2.24, 2.45) is 0 Å². The predicted octanol–water partition coefficient (Wildman–Crippen LogP) is 2.76. The summed E-state index contributed by atoms with van der Waals surface area (Å²) in [5.74, 6) is 0. The first kappa shape index (κ1) is 14.6. The minimum Gasteiger partial charge on any atom is -0.367 e. The molecule has 20 heavy (non-hydrogen) atoms. The van der Waals surface area contributed by atoms with Gasteiger partial charge >= 0.3 is 0 Å². The van der Waals surface area contributed by atoms with E-state index in [9.17, 15) is 8.42 Å². The molecule has 4 nitrogen and oxygen atoms in total. The first-order valence-electron chi connectivity index (χ1n) is 6.29. The number of rotatable bonds is 5. The van der Waals surface area contributed by atoms with Crippen molar-refractivity contribution in [1.29, 1.82) is 0 Å². The molecular formula is C15H16NO3S. The highest BCUT2D eigenvalue weighted by atomic mass is 32.2. The first-order chi connectivity index (χ1) is 9.50. The molecule has 5 heteroatoms. The molecule has 2 aromatic rings. The summed E-state index contributed by atoms with van der Waals surface area (Å²) < 4.78 is 30.9. The monoisotopic (exact) mass is 290 g/mol. The SMILES string of the molecule is CCN(Cc1ccc(S(=O)(=O)O)cc1)c1[c]cccc1. The number of hydrogen-bond donors (Lipinski definition) is 1. The van der Waals surface area contributed by atoms with E-state index < -0.39 is 10.1 Å². The average Bonchev–Trinajstić information content (AvgIpc) is 2.45. The molecule has 0 unspecified atom stereocenters. The van der Waals surface area contributed by atoms with Gasteiger partial charge in [-0.25, -0.2) is 0 Å². The summed E-state index contributed by atoms with van der Waals surface area (Å²) in [4.78, 5) is 2.04. The second-order valence-corrected chi connectivity index (χ2v) is 5.80. The summed E-state index contributed by atoms with van der Waals surface area (Å²) in [7, 11) is -4.13. The third-order valence-corrected chi connectivity index (χ3v) is 3.88. The largest absolute Gasteiger partial charge is 0.367 e. The quantitative estimate of drug-likeness (QED) is 0.860. The minimum absolute atomic E-state index is 0.0874. The average molecular weight is 290 g/mol. The van der Waals surface area contributed by atoms with Crippen molar-refractivity contribution < 1.29 is 13.0 Å². The number of para-hydroxylation sites is 1. The minimum atomic E-state index is -4.13. The molecule has 0 spiro atoms. The van der Waals surface area contributed by atoms with Crippen molar-refractivity contribution in [3.63, 3.8) is 0 Å². The van der Waals surface area contributed by atoms with Crippen LogP contribution < -0.4 is 4.90 Å². The van der Waals surface area contributed by atoms with Crippen LogP contribution in [-0.4, -0.2) is 19.5 Å². The molecule has 0 amide bonds. The van der Waals surface area contributed by atoms with Gasteiger partial charge < -0.3 is 4.90 Å². The Bertz CT molecular complexity index is 651. The molecule has 2 rings (SSSR count). The Hall–Kier alpha value is -1.85. The van der Waals surface area contributed by atoms with E-state index in [4.69, 9.17) is 4.55 Å². The molecule has 0 aromatic heterocycles. The summed E-state index contributed by atoms with van der Waals surface area (Å²) in [6.45, 7) is 3.52. The fraction of sp³-hybridized carbons (Fsp3) is 0.200. The zero-order chi connectivity index (χ0) is 14.6. The lowest BCUT2D eigenvalue weighted by Gasteiger charge is -2.23. The van der Waals surface area contributed by atoms with Gasteiger partial charge in [0, 0.05) is 24.8 Å². The summed E-state index contributed by atoms with van der Waals surface area (Å²) in [6.07, 6.45) is 0. The molecule has 0 saturated carbocycles. The fourth-order valence-corrected chi connectivity index (χ4v) is 2.42. The predicted molar refractivity (Wildman–Crippen MR) is 78.3 cm³/mol. The van der Waals surface area contributed by atoms with Crippen molar-refractivity contribution in [2.75, 3.05) is 11.4 Å². The summed E-state index contributed by atoms with van der Waals surface area (Å²) >= 11 is 0. The maximum Gasteiger partial charge on any atom is 0.294 e. The Morgan fingerprint density at radius 3 is 2.35 bits per heavy atom. The molecule has 0 aliphatic heterocycles. The maximum absolute atomic E-state index is 11.0. The van der Waals surface area contributed by atoms with Crippen molar-refractivity contribution >= 4 is 15.8 Å². The van der Waals surface area contributed by atoms with Crippen molar-refractivity contribution in [3.8, 4) is 0 Å². The lowest BCUT2D eigenvalue weighted by molar-refractivity contribution is 0.483. The van der Waals surface area contributed by atoms with Gasteiger partial charge in [-0.05, 0) is 30.7 Å². The molecule has 0 fully saturated rings. The van der Waals surface area contributed by atoms with Gasteiger partial charge in [0.1, 0.15) is 0 Å². The number of nitrogens with zero attached hydrogens (tertiary/aromatic N) is 1. The fourth-order valence-electron chi connectivity index (χ4n) is 1.94. The molecule has 1 radical (unpaired) electrons. The summed E-state index contributed by atoms with van der Waals surface area (Å²) in [5, 5.41) is 0. The van der Waals surface area contributed by atoms with Gasteiger partial charge in [-0.1, -0.05) is 30.3 Å². The van der Waals surface area contributed by atoms with Crippen molar-refractivity contribution in [1.82, 2.24) is 0 Å². The highest BCUT2D eigenvalue weighted by Gasteiger charge is 2.10. The van der Waals surface area contributed by atoms with Crippen LogP contribution in [0.2, 0.25) is 0 Å². The molecule has 2 aromatic carbocycles. The maximum atomic E-state index is 11.0. The third kappa shape index (κ3) is 3.59. The van der Waals surface area contributed by atoms with Crippen molar-refractivity contribution in [2.45, 2.75) is 18.4 Å². The van der Waals surface area contributed by atoms with Gasteiger partial charge in [0.05, 0.1) is 4.90 Å². The number of anilines is 1. The zero-order valence-corrected chi connectivity index (χ0v) is 12.0. The van der Waals surface area contributed by atoms with E-state index in [1.54, 1.807) is 12.1 Å². The van der Waals surface area contributed by atoms with Crippen molar-refractivity contribution in [3.05, 3.63) is 60.2 Å². The number of hydrogen-bond acceptors (Lipinski definition) is 3. The topological polar surface area (TPSA) is 57.6 Å². The summed E-state index contributed by atoms with van der Waals surface area (Å²) in [6, 6.07) is 17.1. The second kappa shape index (κ2) is 6.07. The van der Waals surface area contributed by atoms with E-state index in [-0.39, 0.29) is 4.90 Å². The van der Waals surface area contributed by atoms with E-state index in [1.165, 1.54) is 12.1 Å². The highest BCUT2D eigenvalue weighted by molar-refractivity contribution is 7.85. The van der Waals surface area contributed by atoms with Gasteiger partial charge in [-0.2, -0.15) is 8.42 Å². The molecule has 0 aliphatic rings. The molecular weight excluding hydrogens is 274 g/mol. The lowest BCUT2D eigenvalue weighted by atomic mass is 10.2. The van der Waals surface area contributed by atoms with Gasteiger partial charge in [-0.15, -0.1) is 0 Å². The lowest BCUT2D eigenvalue weighted by Crippen LogP contribution is -2.21. The first-order valence-corrected chi connectivity index (χ1v) is 7.73. The van der Waals surface area contributed by atoms with Gasteiger partial charge in [0.25, 0.3) is 10.1 Å². The number of benzene rings is 2. The molecule has 105 valence electrons. The highest BCUT2D eigenvalue weighted by Crippen LogP contribution is 2.17. The summed E-state index contributed by atoms with van der Waals surface area (Å²) in [5.41, 5.74) is 1.96. The van der Waals surface area contributed by atoms with Crippen LogP contribution in [0.4, 0.5) is 5.69 Å². The van der Waals surface area contributed by atoms with E-state index >= 15 is 0 Å². The van der Waals surface area contributed by atoms with E-state index in [2.05, 4.69) is 11.0 Å². The Kier molecular flexibility index (Phi) is 4.42. The van der Waals surface area contributed by atoms with Gasteiger partial charge in [0.2, 0.25) is 0 Å². The van der Waals surface area contributed by atoms with Crippen LogP contribution in [0.3, 0.4) is 0 Å². The molecule has 0 bridgehead atoms. The normalized spacial score (nSPS) is 11.3. The second-order valence-electron chi connectivity index (χ2n) is 4.38. The Balaban J connectivity index is 2.17. The van der Waals surface area contributed by atoms with Crippen LogP contribution in [0, 0.1) is 6.07 Å². The van der Waals surface area contributed by atoms with Crippen LogP contribution in [0.15, 0.2) is 53.4 Å². The van der Waals surface area contributed by atoms with Crippen LogP contribution in [0.1, 0.15) is 12.5 Å². The Labute approximate surface area is 119 Å². The van der Waals surface area contributed by atoms with E-state index in [0.717, 1.165) is 17.8 Å². The molecule has 0 saturated heterocycles. The zero-order valence-electron chi connectivity index (χ0n) is 11.2. The van der Waals surface area contributed by atoms with Crippen LogP contribution >= 0.6 is 0 Å². The smallest absolute Gasteiger partial charge is 0.294 e. The molecule has 0 aliphatic carbocycles. The Morgan fingerprint density at radius 2 is 1.85 bits per heavy atom. The van der Waals surface area contributed by atoms with Crippen LogP contribution in [0.5, 0.6) is 0 Å². The van der Waals surface area contributed by atoms with Crippen LogP contribution in [-0.2, 0) is 16.7 Å². The van der Waals surface area contributed by atoms with E-state index in [0.29, 0.717) is 6.54 Å². The molecule has 0 heterocycles. The van der Waals surface area contributed by atoms with Crippen LogP contribution in [0.25, 0.3) is 0 Å². The van der Waals surface area contributed by atoms with Gasteiger partial charge in [-0.3, -0.25) is 4.55 Å². The van der Waals surface area contributed by atoms with Gasteiger partial charge in [0.15, 0.2) is 0 Å². The Morgan fingerprint density at radius 1 is 1.15 bits per heavy atom. The molecule has 0 atom stereocenters. The molecule has 1 N–H and O–H groups in total. The standard InChI is InChI=1S/C15H16NO3S/c1-2-16(14-6-4-3-5-7-14)12-13-8-10-15(11-9-13)20(17,18)19/h3-6,8-11H,2,12H2,1H3,(H,17,18,19). The third-order valence-electron chi connectivity index (χ3n) is 3.01.